The standard InChI is InChI=1S/C18H22O2/c1-4-5-6-8-11-15(2)18(20-16(3)19)14-17-12-9-7-10-13-17/h4,7-13,18H,1-2,5-6,14H2,3H3/b11-8+. The second-order valence-electron chi connectivity index (χ2n) is 4.63. The van der Waals surface area contributed by atoms with Gasteiger partial charge in [-0.2, -0.15) is 0 Å². The number of allylic oxidation sites excluding steroid dienone is 2. The number of unbranched alkanes of at least 4 members (excludes halogenated alkanes) is 1. The third-order valence-corrected chi connectivity index (χ3v) is 2.86. The highest BCUT2D eigenvalue weighted by Gasteiger charge is 2.14. The highest BCUT2D eigenvalue weighted by atomic mass is 16.5. The second kappa shape index (κ2) is 8.92. The largest absolute Gasteiger partial charge is 0.457 e. The Bertz CT molecular complexity index is 471. The van der Waals surface area contributed by atoms with E-state index >= 15 is 0 Å². The van der Waals surface area contributed by atoms with Gasteiger partial charge in [-0.05, 0) is 24.0 Å². The van der Waals surface area contributed by atoms with Crippen LogP contribution in [0.2, 0.25) is 0 Å². The van der Waals surface area contributed by atoms with Crippen molar-refractivity contribution < 1.29 is 9.53 Å². The van der Waals surface area contributed by atoms with E-state index in [1.165, 1.54) is 6.92 Å². The Kier molecular flexibility index (Phi) is 7.12. The van der Waals surface area contributed by atoms with Crippen molar-refractivity contribution in [2.75, 3.05) is 0 Å². The molecule has 0 saturated carbocycles. The molecule has 0 aliphatic rings. The van der Waals surface area contributed by atoms with Crippen molar-refractivity contribution in [3.8, 4) is 0 Å². The smallest absolute Gasteiger partial charge is 0.303 e. The van der Waals surface area contributed by atoms with Crippen LogP contribution in [0.15, 0.2) is 67.3 Å². The molecule has 20 heavy (non-hydrogen) atoms. The molecule has 0 amide bonds. The van der Waals surface area contributed by atoms with Crippen LogP contribution in [0.1, 0.15) is 25.3 Å². The molecule has 0 N–H and O–H groups in total. The van der Waals surface area contributed by atoms with Crippen molar-refractivity contribution in [3.63, 3.8) is 0 Å². The van der Waals surface area contributed by atoms with E-state index in [1.807, 2.05) is 48.6 Å². The van der Waals surface area contributed by atoms with Gasteiger partial charge in [0.15, 0.2) is 0 Å². The molecule has 0 aliphatic heterocycles. The summed E-state index contributed by atoms with van der Waals surface area (Å²) in [6.45, 7) is 9.12. The molecule has 1 aromatic rings. The number of esters is 1. The lowest BCUT2D eigenvalue weighted by Gasteiger charge is -2.17. The summed E-state index contributed by atoms with van der Waals surface area (Å²) >= 11 is 0. The third kappa shape index (κ3) is 6.19. The van der Waals surface area contributed by atoms with E-state index in [1.54, 1.807) is 0 Å². The van der Waals surface area contributed by atoms with Crippen molar-refractivity contribution in [1.29, 1.82) is 0 Å². The van der Waals surface area contributed by atoms with Crippen molar-refractivity contribution in [2.45, 2.75) is 32.3 Å². The van der Waals surface area contributed by atoms with Crippen LogP contribution in [0, 0.1) is 0 Å². The molecule has 0 aliphatic carbocycles. The zero-order valence-corrected chi connectivity index (χ0v) is 12.0. The minimum absolute atomic E-state index is 0.286. The second-order valence-corrected chi connectivity index (χ2v) is 4.63. The molecule has 1 aromatic carbocycles. The number of carbonyl (C=O) groups excluding carboxylic acids is 1. The Morgan fingerprint density at radius 1 is 1.30 bits per heavy atom. The molecule has 0 spiro atoms. The average Bonchev–Trinajstić information content (AvgIpc) is 2.43. The lowest BCUT2D eigenvalue weighted by Crippen LogP contribution is -2.20. The van der Waals surface area contributed by atoms with Crippen LogP contribution >= 0.6 is 0 Å². The van der Waals surface area contributed by atoms with Gasteiger partial charge in [0.25, 0.3) is 0 Å². The van der Waals surface area contributed by atoms with Crippen molar-refractivity contribution in [1.82, 2.24) is 0 Å². The van der Waals surface area contributed by atoms with E-state index in [0.29, 0.717) is 6.42 Å². The van der Waals surface area contributed by atoms with Gasteiger partial charge >= 0.3 is 5.97 Å². The molecule has 2 nitrogen and oxygen atoms in total. The number of rotatable bonds is 8. The summed E-state index contributed by atoms with van der Waals surface area (Å²) in [6, 6.07) is 9.95. The molecule has 0 radical (unpaired) electrons. The molecular formula is C18H22O2. The van der Waals surface area contributed by atoms with Crippen LogP contribution in [0.25, 0.3) is 0 Å². The quantitative estimate of drug-likeness (QED) is 0.306. The van der Waals surface area contributed by atoms with Gasteiger partial charge in [-0.1, -0.05) is 55.1 Å². The molecule has 1 unspecified atom stereocenters. The summed E-state index contributed by atoms with van der Waals surface area (Å²) in [6.07, 6.45) is 8.02. The molecule has 1 atom stereocenters. The van der Waals surface area contributed by atoms with E-state index in [0.717, 1.165) is 24.0 Å². The van der Waals surface area contributed by atoms with Crippen LogP contribution in [0.5, 0.6) is 0 Å². The summed E-state index contributed by atoms with van der Waals surface area (Å²) < 4.78 is 5.36. The van der Waals surface area contributed by atoms with Crippen LogP contribution < -0.4 is 0 Å². The minimum atomic E-state index is -0.310. The lowest BCUT2D eigenvalue weighted by molar-refractivity contribution is -0.144. The fraction of sp³-hybridized carbons (Fsp3) is 0.278. The maximum absolute atomic E-state index is 11.2. The van der Waals surface area contributed by atoms with Crippen molar-refractivity contribution in [3.05, 3.63) is 72.9 Å². The molecular weight excluding hydrogens is 248 g/mol. The van der Waals surface area contributed by atoms with Gasteiger partial charge in [-0.15, -0.1) is 6.58 Å². The normalized spacial score (nSPS) is 12.1. The fourth-order valence-corrected chi connectivity index (χ4v) is 1.83. The van der Waals surface area contributed by atoms with Gasteiger partial charge in [0.05, 0.1) is 0 Å². The monoisotopic (exact) mass is 270 g/mol. The van der Waals surface area contributed by atoms with Gasteiger partial charge in [-0.3, -0.25) is 4.79 Å². The summed E-state index contributed by atoms with van der Waals surface area (Å²) in [5.74, 6) is -0.286. The summed E-state index contributed by atoms with van der Waals surface area (Å²) in [7, 11) is 0. The number of benzene rings is 1. The predicted octanol–water partition coefficient (Wildman–Crippen LogP) is 4.24. The highest BCUT2D eigenvalue weighted by molar-refractivity contribution is 5.66. The first-order valence-corrected chi connectivity index (χ1v) is 6.81. The first-order chi connectivity index (χ1) is 9.63. The molecule has 0 heterocycles. The maximum Gasteiger partial charge on any atom is 0.303 e. The Morgan fingerprint density at radius 2 is 2.00 bits per heavy atom. The Balaban J connectivity index is 2.68. The van der Waals surface area contributed by atoms with Gasteiger partial charge < -0.3 is 4.74 Å². The molecule has 0 bridgehead atoms. The third-order valence-electron chi connectivity index (χ3n) is 2.86. The van der Waals surface area contributed by atoms with E-state index in [4.69, 9.17) is 4.74 Å². The topological polar surface area (TPSA) is 26.3 Å². The molecule has 1 rings (SSSR count). The van der Waals surface area contributed by atoms with E-state index in [2.05, 4.69) is 13.2 Å². The zero-order chi connectivity index (χ0) is 14.8. The molecule has 0 fully saturated rings. The van der Waals surface area contributed by atoms with E-state index in [-0.39, 0.29) is 12.1 Å². The molecule has 106 valence electrons. The molecule has 0 aromatic heterocycles. The predicted molar refractivity (Wildman–Crippen MR) is 83.4 cm³/mol. The Hall–Kier alpha value is -2.09. The van der Waals surface area contributed by atoms with Gasteiger partial charge in [-0.25, -0.2) is 0 Å². The number of hydrogen-bond acceptors (Lipinski definition) is 2. The van der Waals surface area contributed by atoms with Crippen molar-refractivity contribution in [2.24, 2.45) is 0 Å². The van der Waals surface area contributed by atoms with Crippen LogP contribution in [0.4, 0.5) is 0 Å². The van der Waals surface area contributed by atoms with Crippen LogP contribution in [-0.2, 0) is 16.0 Å². The SMILES string of the molecule is C=CCC/C=C/C(=C)C(Cc1ccccc1)OC(C)=O. The summed E-state index contributed by atoms with van der Waals surface area (Å²) in [5, 5.41) is 0. The van der Waals surface area contributed by atoms with E-state index in [9.17, 15) is 4.79 Å². The summed E-state index contributed by atoms with van der Waals surface area (Å²) in [5.41, 5.74) is 1.94. The maximum atomic E-state index is 11.2. The Labute approximate surface area is 121 Å². The van der Waals surface area contributed by atoms with E-state index < -0.39 is 0 Å². The van der Waals surface area contributed by atoms with Gasteiger partial charge in [0.1, 0.15) is 6.10 Å². The van der Waals surface area contributed by atoms with Gasteiger partial charge in [0, 0.05) is 13.3 Å². The zero-order valence-electron chi connectivity index (χ0n) is 12.0. The average molecular weight is 270 g/mol. The van der Waals surface area contributed by atoms with Crippen LogP contribution in [0.3, 0.4) is 0 Å². The van der Waals surface area contributed by atoms with Crippen LogP contribution in [-0.4, -0.2) is 12.1 Å². The molecule has 0 saturated heterocycles. The first-order valence-electron chi connectivity index (χ1n) is 6.81. The minimum Gasteiger partial charge on any atom is -0.457 e. The first kappa shape index (κ1) is 16.0. The highest BCUT2D eigenvalue weighted by Crippen LogP contribution is 2.14. The number of ether oxygens (including phenoxy) is 1. The van der Waals surface area contributed by atoms with Crippen molar-refractivity contribution >= 4 is 5.97 Å². The summed E-state index contributed by atoms with van der Waals surface area (Å²) in [4.78, 5) is 11.2. The number of hydrogen-bond donors (Lipinski definition) is 0. The molecule has 2 heteroatoms. The Morgan fingerprint density at radius 3 is 2.60 bits per heavy atom. The van der Waals surface area contributed by atoms with Gasteiger partial charge in [0.2, 0.25) is 0 Å². The fourth-order valence-electron chi connectivity index (χ4n) is 1.83. The lowest BCUT2D eigenvalue weighted by atomic mass is 10.0. The number of carbonyl (C=O) groups is 1.